The number of fused-ring (bicyclic) bond motifs is 1. The molecule has 1 fully saturated rings. The van der Waals surface area contributed by atoms with Crippen molar-refractivity contribution in [3.63, 3.8) is 0 Å². The van der Waals surface area contributed by atoms with E-state index in [-0.39, 0.29) is 29.5 Å². The van der Waals surface area contributed by atoms with E-state index in [9.17, 15) is 19.2 Å². The summed E-state index contributed by atoms with van der Waals surface area (Å²) >= 11 is 1.50. The minimum absolute atomic E-state index is 0.155. The number of nitrogens with zero attached hydrogens (tertiary/aromatic N) is 1. The maximum Gasteiger partial charge on any atom is 0.330 e. The van der Waals surface area contributed by atoms with Gasteiger partial charge in [-0.15, -0.1) is 0 Å². The third-order valence-electron chi connectivity index (χ3n) is 4.59. The van der Waals surface area contributed by atoms with E-state index in [0.29, 0.717) is 5.75 Å². The largest absolute Gasteiger partial charge is 0.451 e. The first kappa shape index (κ1) is 19.4. The van der Waals surface area contributed by atoms with E-state index in [1.54, 1.807) is 24.3 Å². The van der Waals surface area contributed by atoms with E-state index < -0.39 is 29.9 Å². The van der Waals surface area contributed by atoms with E-state index in [4.69, 9.17) is 4.74 Å². The standard InChI is InChI=1S/C19H22N2O5S/c1-11(16(22)20-12-7-8-12)26-19(25)15(9-10-27-2)21-17(23)13-5-3-4-6-14(13)18(21)24/h3-6,11-12,15H,7-10H2,1-2H3,(H,20,22)/t11-,15-/m1/s1. The molecule has 3 rings (SSSR count). The summed E-state index contributed by atoms with van der Waals surface area (Å²) in [5.41, 5.74) is 0.563. The Kier molecular flexibility index (Phi) is 5.84. The van der Waals surface area contributed by atoms with Gasteiger partial charge in [0.25, 0.3) is 17.7 Å². The second-order valence-corrected chi connectivity index (χ2v) is 7.67. The summed E-state index contributed by atoms with van der Waals surface area (Å²) in [6.45, 7) is 1.49. The average Bonchev–Trinajstić information content (AvgIpc) is 3.43. The summed E-state index contributed by atoms with van der Waals surface area (Å²) in [4.78, 5) is 51.2. The first-order chi connectivity index (χ1) is 12.9. The van der Waals surface area contributed by atoms with Gasteiger partial charge in [0.1, 0.15) is 6.04 Å². The Morgan fingerprint density at radius 3 is 2.33 bits per heavy atom. The van der Waals surface area contributed by atoms with Crippen LogP contribution in [0.3, 0.4) is 0 Å². The van der Waals surface area contributed by atoms with Crippen LogP contribution >= 0.6 is 11.8 Å². The second kappa shape index (κ2) is 8.12. The van der Waals surface area contributed by atoms with Crippen molar-refractivity contribution >= 4 is 35.5 Å². The highest BCUT2D eigenvalue weighted by atomic mass is 32.2. The highest BCUT2D eigenvalue weighted by Crippen LogP contribution is 2.27. The van der Waals surface area contributed by atoms with Crippen molar-refractivity contribution < 1.29 is 23.9 Å². The van der Waals surface area contributed by atoms with Gasteiger partial charge in [0.05, 0.1) is 11.1 Å². The number of rotatable bonds is 8. The van der Waals surface area contributed by atoms with Gasteiger partial charge in [0.15, 0.2) is 6.10 Å². The molecule has 1 saturated carbocycles. The minimum atomic E-state index is -1.05. The van der Waals surface area contributed by atoms with Crippen molar-refractivity contribution in [1.82, 2.24) is 10.2 Å². The molecular weight excluding hydrogens is 368 g/mol. The van der Waals surface area contributed by atoms with Gasteiger partial charge < -0.3 is 10.1 Å². The van der Waals surface area contributed by atoms with E-state index in [0.717, 1.165) is 17.7 Å². The van der Waals surface area contributed by atoms with Crippen molar-refractivity contribution in [1.29, 1.82) is 0 Å². The molecular formula is C19H22N2O5S. The number of amides is 3. The van der Waals surface area contributed by atoms with E-state index in [1.807, 2.05) is 6.26 Å². The van der Waals surface area contributed by atoms with Crippen molar-refractivity contribution in [2.45, 2.75) is 44.4 Å². The first-order valence-corrected chi connectivity index (χ1v) is 10.3. The Hall–Kier alpha value is -2.35. The molecule has 1 aromatic carbocycles. The molecule has 1 aromatic rings. The average molecular weight is 390 g/mol. The fraction of sp³-hybridized carbons (Fsp3) is 0.474. The molecule has 0 aromatic heterocycles. The lowest BCUT2D eigenvalue weighted by Gasteiger charge is -2.25. The van der Waals surface area contributed by atoms with Crippen LogP contribution < -0.4 is 5.32 Å². The van der Waals surface area contributed by atoms with Crippen molar-refractivity contribution in [3.05, 3.63) is 35.4 Å². The van der Waals surface area contributed by atoms with E-state index in [2.05, 4.69) is 5.32 Å². The third-order valence-corrected chi connectivity index (χ3v) is 5.23. The number of thioether (sulfide) groups is 1. The number of hydrogen-bond acceptors (Lipinski definition) is 6. The monoisotopic (exact) mass is 390 g/mol. The molecule has 0 spiro atoms. The van der Waals surface area contributed by atoms with Gasteiger partial charge >= 0.3 is 5.97 Å². The molecule has 1 aliphatic carbocycles. The summed E-state index contributed by atoms with van der Waals surface area (Å²) in [7, 11) is 0. The Labute approximate surface area is 161 Å². The van der Waals surface area contributed by atoms with Crippen LogP contribution in [-0.2, 0) is 14.3 Å². The van der Waals surface area contributed by atoms with Gasteiger partial charge in [-0.2, -0.15) is 11.8 Å². The van der Waals surface area contributed by atoms with Crippen molar-refractivity contribution in [3.8, 4) is 0 Å². The molecule has 7 nitrogen and oxygen atoms in total. The van der Waals surface area contributed by atoms with Crippen LogP contribution in [-0.4, -0.2) is 58.8 Å². The first-order valence-electron chi connectivity index (χ1n) is 8.90. The maximum absolute atomic E-state index is 12.7. The lowest BCUT2D eigenvalue weighted by atomic mass is 10.1. The number of carbonyl (C=O) groups is 4. The van der Waals surface area contributed by atoms with E-state index in [1.165, 1.54) is 18.7 Å². The van der Waals surface area contributed by atoms with Crippen LogP contribution in [0, 0.1) is 0 Å². The zero-order valence-corrected chi connectivity index (χ0v) is 16.1. The zero-order chi connectivity index (χ0) is 19.6. The predicted octanol–water partition coefficient (Wildman–Crippen LogP) is 1.61. The number of carbonyl (C=O) groups excluding carboxylic acids is 4. The number of ether oxygens (including phenoxy) is 1. The number of imide groups is 1. The number of nitrogens with one attached hydrogen (secondary N) is 1. The van der Waals surface area contributed by atoms with Crippen LogP contribution in [0.1, 0.15) is 46.9 Å². The molecule has 1 aliphatic heterocycles. The van der Waals surface area contributed by atoms with Gasteiger partial charge in [-0.25, -0.2) is 4.79 Å². The third kappa shape index (κ3) is 4.16. The summed E-state index contributed by atoms with van der Waals surface area (Å²) in [6, 6.07) is 5.58. The lowest BCUT2D eigenvalue weighted by Crippen LogP contribution is -2.48. The van der Waals surface area contributed by atoms with Gasteiger partial charge in [0.2, 0.25) is 0 Å². The van der Waals surface area contributed by atoms with Gasteiger partial charge in [-0.05, 0) is 50.3 Å². The van der Waals surface area contributed by atoms with Crippen molar-refractivity contribution in [2.24, 2.45) is 0 Å². The van der Waals surface area contributed by atoms with Crippen LogP contribution in [0.2, 0.25) is 0 Å². The Bertz CT molecular complexity index is 742. The quantitative estimate of drug-likeness (QED) is 0.536. The smallest absolute Gasteiger partial charge is 0.330 e. The van der Waals surface area contributed by atoms with E-state index >= 15 is 0 Å². The summed E-state index contributed by atoms with van der Waals surface area (Å²) < 4.78 is 5.30. The summed E-state index contributed by atoms with van der Waals surface area (Å²) in [6.07, 6.45) is 3.01. The molecule has 144 valence electrons. The summed E-state index contributed by atoms with van der Waals surface area (Å²) in [5.74, 6) is -1.55. The fourth-order valence-corrected chi connectivity index (χ4v) is 3.38. The van der Waals surface area contributed by atoms with Crippen LogP contribution in [0.25, 0.3) is 0 Å². The molecule has 1 N–H and O–H groups in total. The second-order valence-electron chi connectivity index (χ2n) is 6.69. The fourth-order valence-electron chi connectivity index (χ4n) is 2.93. The Morgan fingerprint density at radius 1 is 1.22 bits per heavy atom. The molecule has 0 saturated heterocycles. The minimum Gasteiger partial charge on any atom is -0.451 e. The van der Waals surface area contributed by atoms with Crippen molar-refractivity contribution in [2.75, 3.05) is 12.0 Å². The number of esters is 1. The van der Waals surface area contributed by atoms with Gasteiger partial charge in [-0.1, -0.05) is 12.1 Å². The van der Waals surface area contributed by atoms with Crippen LogP contribution in [0.5, 0.6) is 0 Å². The maximum atomic E-state index is 12.7. The molecule has 0 bridgehead atoms. The number of hydrogen-bond donors (Lipinski definition) is 1. The molecule has 3 amide bonds. The molecule has 8 heteroatoms. The van der Waals surface area contributed by atoms with Crippen LogP contribution in [0.15, 0.2) is 24.3 Å². The zero-order valence-electron chi connectivity index (χ0n) is 15.3. The SMILES string of the molecule is CSCC[C@H](C(=O)O[C@H](C)C(=O)NC1CC1)N1C(=O)c2ccccc2C1=O. The van der Waals surface area contributed by atoms with Gasteiger partial charge in [0, 0.05) is 6.04 Å². The highest BCUT2D eigenvalue weighted by molar-refractivity contribution is 7.98. The lowest BCUT2D eigenvalue weighted by molar-refractivity contribution is -0.158. The Balaban J connectivity index is 1.75. The molecule has 2 aliphatic rings. The highest BCUT2D eigenvalue weighted by Gasteiger charge is 2.43. The molecule has 27 heavy (non-hydrogen) atoms. The number of benzene rings is 1. The topological polar surface area (TPSA) is 92.8 Å². The predicted molar refractivity (Wildman–Crippen MR) is 100 cm³/mol. The molecule has 1 heterocycles. The van der Waals surface area contributed by atoms with Gasteiger partial charge in [-0.3, -0.25) is 19.3 Å². The Morgan fingerprint density at radius 2 is 1.81 bits per heavy atom. The normalized spacial score (nSPS) is 18.1. The summed E-state index contributed by atoms with van der Waals surface area (Å²) in [5, 5.41) is 2.77. The van der Waals surface area contributed by atoms with Crippen LogP contribution in [0.4, 0.5) is 0 Å². The molecule has 2 atom stereocenters. The molecule has 0 unspecified atom stereocenters. The molecule has 0 radical (unpaired) electrons.